The summed E-state index contributed by atoms with van der Waals surface area (Å²) in [6, 6.07) is 0. The molecule has 0 saturated carbocycles. The van der Waals surface area contributed by atoms with E-state index in [-0.39, 0.29) is 5.91 Å². The van der Waals surface area contributed by atoms with E-state index in [4.69, 9.17) is 14.4 Å². The normalized spacial score (nSPS) is 22.4. The molecule has 0 bridgehead atoms. The Morgan fingerprint density at radius 2 is 2.16 bits per heavy atom. The molecule has 2 rings (SSSR count). The highest BCUT2D eigenvalue weighted by atomic mass is 16.5. The Balaban J connectivity index is 1.72. The standard InChI is InChI=1S/C11H15N3O5/c1-6-13-9(19-14-6)4-5-12-10(15)7-2-3-8(18-7)11(16)17/h7-8H,2-5H2,1H3,(H,12,15)(H,16,17). The maximum absolute atomic E-state index is 11.7. The fourth-order valence-corrected chi connectivity index (χ4v) is 1.86. The van der Waals surface area contributed by atoms with Gasteiger partial charge in [-0.2, -0.15) is 4.98 Å². The third-order valence-corrected chi connectivity index (χ3v) is 2.80. The van der Waals surface area contributed by atoms with Crippen LogP contribution >= 0.6 is 0 Å². The Bertz CT molecular complexity index is 473. The van der Waals surface area contributed by atoms with Crippen molar-refractivity contribution in [1.29, 1.82) is 0 Å². The van der Waals surface area contributed by atoms with Gasteiger partial charge in [0, 0.05) is 13.0 Å². The fourth-order valence-electron chi connectivity index (χ4n) is 1.86. The molecule has 19 heavy (non-hydrogen) atoms. The van der Waals surface area contributed by atoms with E-state index < -0.39 is 18.2 Å². The number of carbonyl (C=O) groups is 2. The lowest BCUT2D eigenvalue weighted by Crippen LogP contribution is -2.36. The number of aryl methyl sites for hydroxylation is 1. The molecule has 104 valence electrons. The Labute approximate surface area is 109 Å². The maximum Gasteiger partial charge on any atom is 0.332 e. The molecular formula is C11H15N3O5. The van der Waals surface area contributed by atoms with Crippen LogP contribution in [0.25, 0.3) is 0 Å². The number of aliphatic carboxylic acids is 1. The minimum absolute atomic E-state index is 0.306. The summed E-state index contributed by atoms with van der Waals surface area (Å²) in [6.07, 6.45) is -0.361. The van der Waals surface area contributed by atoms with Gasteiger partial charge in [-0.25, -0.2) is 4.79 Å². The first kappa shape index (κ1) is 13.5. The molecule has 1 aromatic heterocycles. The number of hydrogen-bond donors (Lipinski definition) is 2. The second kappa shape index (κ2) is 5.79. The summed E-state index contributed by atoms with van der Waals surface area (Å²) in [5.41, 5.74) is 0. The van der Waals surface area contributed by atoms with Crippen molar-refractivity contribution in [3.05, 3.63) is 11.7 Å². The molecule has 0 spiro atoms. The minimum atomic E-state index is -1.03. The summed E-state index contributed by atoms with van der Waals surface area (Å²) >= 11 is 0. The second-order valence-corrected chi connectivity index (χ2v) is 4.31. The summed E-state index contributed by atoms with van der Waals surface area (Å²) in [6.45, 7) is 2.06. The highest BCUT2D eigenvalue weighted by molar-refractivity contribution is 5.82. The molecule has 2 heterocycles. The Morgan fingerprint density at radius 3 is 2.74 bits per heavy atom. The number of aromatic nitrogens is 2. The molecule has 1 aliphatic heterocycles. The van der Waals surface area contributed by atoms with Crippen molar-refractivity contribution in [3.63, 3.8) is 0 Å². The molecule has 8 nitrogen and oxygen atoms in total. The zero-order chi connectivity index (χ0) is 13.8. The quantitative estimate of drug-likeness (QED) is 0.752. The molecule has 2 atom stereocenters. The minimum Gasteiger partial charge on any atom is -0.479 e. The van der Waals surface area contributed by atoms with Crippen LogP contribution in [0.5, 0.6) is 0 Å². The van der Waals surface area contributed by atoms with Gasteiger partial charge in [0.2, 0.25) is 11.8 Å². The smallest absolute Gasteiger partial charge is 0.332 e. The molecule has 0 aromatic carbocycles. The molecule has 2 unspecified atom stereocenters. The van der Waals surface area contributed by atoms with Crippen LogP contribution in [0.2, 0.25) is 0 Å². The van der Waals surface area contributed by atoms with Crippen LogP contribution < -0.4 is 5.32 Å². The van der Waals surface area contributed by atoms with E-state index in [0.29, 0.717) is 37.5 Å². The SMILES string of the molecule is Cc1noc(CCNC(=O)C2CCC(C(=O)O)O2)n1. The highest BCUT2D eigenvalue weighted by Gasteiger charge is 2.34. The van der Waals surface area contributed by atoms with Crippen molar-refractivity contribution in [2.75, 3.05) is 6.54 Å². The fraction of sp³-hybridized carbons (Fsp3) is 0.636. The van der Waals surface area contributed by atoms with Gasteiger partial charge in [0.1, 0.15) is 6.10 Å². The molecular weight excluding hydrogens is 254 g/mol. The van der Waals surface area contributed by atoms with Gasteiger partial charge in [0.25, 0.3) is 0 Å². The molecule has 1 aliphatic rings. The summed E-state index contributed by atoms with van der Waals surface area (Å²) < 4.78 is 10.0. The van der Waals surface area contributed by atoms with Crippen molar-refractivity contribution in [2.24, 2.45) is 0 Å². The summed E-state index contributed by atoms with van der Waals surface area (Å²) in [5.74, 6) is -0.338. The van der Waals surface area contributed by atoms with Gasteiger partial charge in [-0.05, 0) is 19.8 Å². The van der Waals surface area contributed by atoms with Crippen LogP contribution in [0.3, 0.4) is 0 Å². The van der Waals surface area contributed by atoms with Crippen LogP contribution in [0, 0.1) is 6.92 Å². The van der Waals surface area contributed by atoms with Gasteiger partial charge in [0.15, 0.2) is 11.9 Å². The lowest BCUT2D eigenvalue weighted by molar-refractivity contribution is -0.151. The topological polar surface area (TPSA) is 115 Å². The van der Waals surface area contributed by atoms with Crippen molar-refractivity contribution >= 4 is 11.9 Å². The van der Waals surface area contributed by atoms with E-state index in [9.17, 15) is 9.59 Å². The Hall–Kier alpha value is -1.96. The highest BCUT2D eigenvalue weighted by Crippen LogP contribution is 2.19. The average molecular weight is 269 g/mol. The van der Waals surface area contributed by atoms with Crippen molar-refractivity contribution in [1.82, 2.24) is 15.5 Å². The predicted molar refractivity (Wildman–Crippen MR) is 61.3 cm³/mol. The molecule has 1 aromatic rings. The molecule has 1 amide bonds. The molecule has 0 radical (unpaired) electrons. The molecule has 1 saturated heterocycles. The monoisotopic (exact) mass is 269 g/mol. The Kier molecular flexibility index (Phi) is 4.10. The lowest BCUT2D eigenvalue weighted by Gasteiger charge is -2.10. The number of nitrogens with zero attached hydrogens (tertiary/aromatic N) is 2. The van der Waals surface area contributed by atoms with E-state index in [2.05, 4.69) is 15.5 Å². The van der Waals surface area contributed by atoms with Gasteiger partial charge in [0.05, 0.1) is 0 Å². The summed E-state index contributed by atoms with van der Waals surface area (Å²) in [7, 11) is 0. The molecule has 1 fully saturated rings. The van der Waals surface area contributed by atoms with Crippen LogP contribution in [-0.4, -0.2) is 45.9 Å². The third kappa shape index (κ3) is 3.50. The number of hydrogen-bond acceptors (Lipinski definition) is 6. The zero-order valence-corrected chi connectivity index (χ0v) is 10.5. The first-order valence-corrected chi connectivity index (χ1v) is 6.01. The molecule has 8 heteroatoms. The van der Waals surface area contributed by atoms with Crippen LogP contribution in [-0.2, 0) is 20.7 Å². The van der Waals surface area contributed by atoms with Gasteiger partial charge in [-0.15, -0.1) is 0 Å². The number of amides is 1. The summed E-state index contributed by atoms with van der Waals surface area (Å²) in [5, 5.41) is 15.0. The van der Waals surface area contributed by atoms with Crippen LogP contribution in [0.15, 0.2) is 4.52 Å². The van der Waals surface area contributed by atoms with E-state index in [1.165, 1.54) is 0 Å². The number of carbonyl (C=O) groups excluding carboxylic acids is 1. The zero-order valence-electron chi connectivity index (χ0n) is 10.5. The Morgan fingerprint density at radius 1 is 1.42 bits per heavy atom. The van der Waals surface area contributed by atoms with E-state index in [0.717, 1.165) is 0 Å². The third-order valence-electron chi connectivity index (χ3n) is 2.80. The van der Waals surface area contributed by atoms with E-state index in [1.54, 1.807) is 6.92 Å². The number of rotatable bonds is 5. The molecule has 0 aliphatic carbocycles. The first-order valence-electron chi connectivity index (χ1n) is 6.01. The second-order valence-electron chi connectivity index (χ2n) is 4.31. The van der Waals surface area contributed by atoms with Gasteiger partial charge in [-0.3, -0.25) is 4.79 Å². The summed E-state index contributed by atoms with van der Waals surface area (Å²) in [4.78, 5) is 26.4. The number of nitrogens with one attached hydrogen (secondary N) is 1. The van der Waals surface area contributed by atoms with E-state index in [1.807, 2.05) is 0 Å². The van der Waals surface area contributed by atoms with Crippen molar-refractivity contribution < 1.29 is 24.0 Å². The number of ether oxygens (including phenoxy) is 1. The number of carboxylic acid groups (broad SMARTS) is 1. The van der Waals surface area contributed by atoms with E-state index >= 15 is 0 Å². The predicted octanol–water partition coefficient (Wildman–Crippen LogP) is -0.331. The van der Waals surface area contributed by atoms with Gasteiger partial charge in [-0.1, -0.05) is 5.16 Å². The van der Waals surface area contributed by atoms with Gasteiger partial charge >= 0.3 is 5.97 Å². The average Bonchev–Trinajstić information content (AvgIpc) is 2.98. The van der Waals surface area contributed by atoms with Crippen LogP contribution in [0.4, 0.5) is 0 Å². The first-order chi connectivity index (χ1) is 9.06. The number of carboxylic acids is 1. The van der Waals surface area contributed by atoms with Crippen molar-refractivity contribution in [3.8, 4) is 0 Å². The largest absolute Gasteiger partial charge is 0.479 e. The maximum atomic E-state index is 11.7. The van der Waals surface area contributed by atoms with Crippen LogP contribution in [0.1, 0.15) is 24.6 Å². The van der Waals surface area contributed by atoms with Crippen molar-refractivity contribution in [2.45, 2.75) is 38.4 Å². The lowest BCUT2D eigenvalue weighted by atomic mass is 10.2. The van der Waals surface area contributed by atoms with Gasteiger partial charge < -0.3 is 19.7 Å². The molecule has 2 N–H and O–H groups in total.